The molecule has 26 heavy (non-hydrogen) atoms. The lowest BCUT2D eigenvalue weighted by Crippen LogP contribution is -2.43. The van der Waals surface area contributed by atoms with Crippen LogP contribution in [0.2, 0.25) is 0 Å². The van der Waals surface area contributed by atoms with Crippen LogP contribution in [0, 0.1) is 5.92 Å². The smallest absolute Gasteiger partial charge is 0.230 e. The molecule has 2 aliphatic heterocycles. The van der Waals surface area contributed by atoms with Gasteiger partial charge in [0.25, 0.3) is 0 Å². The van der Waals surface area contributed by atoms with Crippen LogP contribution in [0.1, 0.15) is 12.8 Å². The number of sulfonamides is 1. The van der Waals surface area contributed by atoms with Crippen LogP contribution in [-0.2, 0) is 14.8 Å². The van der Waals surface area contributed by atoms with Crippen molar-refractivity contribution in [1.29, 1.82) is 0 Å². The maximum absolute atomic E-state index is 12.6. The molecule has 140 valence electrons. The molecule has 2 aromatic rings. The minimum Gasteiger partial charge on any atom is -0.486 e. The summed E-state index contributed by atoms with van der Waals surface area (Å²) in [4.78, 5) is 17.0. The Bertz CT molecular complexity index is 913. The Labute approximate surface area is 155 Å². The molecule has 3 heterocycles. The zero-order valence-electron chi connectivity index (χ0n) is 14.2. The summed E-state index contributed by atoms with van der Waals surface area (Å²) in [5.74, 6) is 0.768. The summed E-state index contributed by atoms with van der Waals surface area (Å²) in [5.41, 5.74) is 0.732. The third kappa shape index (κ3) is 3.49. The molecule has 8 nitrogen and oxygen atoms in total. The highest BCUT2D eigenvalue weighted by Gasteiger charge is 2.30. The number of rotatable bonds is 3. The summed E-state index contributed by atoms with van der Waals surface area (Å²) in [6.45, 7) is 1.70. The van der Waals surface area contributed by atoms with Crippen molar-refractivity contribution in [3.05, 3.63) is 12.1 Å². The molecule has 1 saturated heterocycles. The second kappa shape index (κ2) is 6.67. The van der Waals surface area contributed by atoms with Crippen molar-refractivity contribution in [3.8, 4) is 11.5 Å². The Morgan fingerprint density at radius 2 is 2.04 bits per heavy atom. The molecule has 1 fully saturated rings. The molecule has 0 bridgehead atoms. The number of nitrogens with one attached hydrogen (secondary N) is 1. The van der Waals surface area contributed by atoms with Gasteiger partial charge in [0.05, 0.1) is 22.4 Å². The van der Waals surface area contributed by atoms with Crippen molar-refractivity contribution in [2.24, 2.45) is 5.92 Å². The Balaban J connectivity index is 1.50. The average Bonchev–Trinajstić information content (AvgIpc) is 3.00. The van der Waals surface area contributed by atoms with E-state index in [9.17, 15) is 13.2 Å². The van der Waals surface area contributed by atoms with Crippen molar-refractivity contribution in [3.63, 3.8) is 0 Å². The normalized spacial score (nSPS) is 20.9. The van der Waals surface area contributed by atoms with Crippen LogP contribution in [0.25, 0.3) is 10.2 Å². The standard InChI is InChI=1S/C16H19N3O5S2/c1-26(21,22)19-4-2-3-10(9-19)15(20)18-16-17-11-7-12-13(8-14(11)25-16)24-6-5-23-12/h7-8,10H,2-6,9H2,1H3,(H,17,18,20)/t10-/m1/s1. The fourth-order valence-corrected chi connectivity index (χ4v) is 4.97. The van der Waals surface area contributed by atoms with E-state index in [1.54, 1.807) is 0 Å². The molecule has 10 heteroatoms. The first-order chi connectivity index (χ1) is 12.4. The van der Waals surface area contributed by atoms with Gasteiger partial charge in [-0.15, -0.1) is 0 Å². The number of anilines is 1. The topological polar surface area (TPSA) is 97.8 Å². The quantitative estimate of drug-likeness (QED) is 0.846. The molecule has 4 rings (SSSR count). The Morgan fingerprint density at radius 3 is 2.77 bits per heavy atom. The number of fused-ring (bicyclic) bond motifs is 2. The predicted octanol–water partition coefficient (Wildman–Crippen LogP) is 1.68. The van der Waals surface area contributed by atoms with E-state index in [4.69, 9.17) is 9.47 Å². The van der Waals surface area contributed by atoms with Crippen LogP contribution >= 0.6 is 11.3 Å². The minimum atomic E-state index is -3.28. The minimum absolute atomic E-state index is 0.199. The highest BCUT2D eigenvalue weighted by Crippen LogP contribution is 2.38. The number of thiazole rings is 1. The monoisotopic (exact) mass is 397 g/mol. The van der Waals surface area contributed by atoms with Gasteiger partial charge in [0.2, 0.25) is 15.9 Å². The van der Waals surface area contributed by atoms with E-state index in [-0.39, 0.29) is 18.4 Å². The van der Waals surface area contributed by atoms with E-state index in [0.29, 0.717) is 49.2 Å². The van der Waals surface area contributed by atoms with Crippen LogP contribution in [0.3, 0.4) is 0 Å². The van der Waals surface area contributed by atoms with Gasteiger partial charge in [-0.05, 0) is 12.8 Å². The molecule has 1 aromatic heterocycles. The highest BCUT2D eigenvalue weighted by molar-refractivity contribution is 7.88. The Kier molecular flexibility index (Phi) is 4.49. The number of hydrogen-bond donors (Lipinski definition) is 1. The van der Waals surface area contributed by atoms with E-state index < -0.39 is 10.0 Å². The summed E-state index contributed by atoms with van der Waals surface area (Å²) >= 11 is 1.36. The largest absolute Gasteiger partial charge is 0.486 e. The van der Waals surface area contributed by atoms with Crippen molar-refractivity contribution >= 4 is 42.6 Å². The fraction of sp³-hybridized carbons (Fsp3) is 0.500. The van der Waals surface area contributed by atoms with Gasteiger partial charge < -0.3 is 14.8 Å². The summed E-state index contributed by atoms with van der Waals surface area (Å²) in [7, 11) is -3.28. The molecule has 0 radical (unpaired) electrons. The van der Waals surface area contributed by atoms with E-state index in [1.807, 2.05) is 12.1 Å². The number of amides is 1. The highest BCUT2D eigenvalue weighted by atomic mass is 32.2. The third-order valence-electron chi connectivity index (χ3n) is 4.51. The van der Waals surface area contributed by atoms with Crippen LogP contribution in [-0.4, -0.2) is 56.2 Å². The van der Waals surface area contributed by atoms with Gasteiger partial charge in [0.15, 0.2) is 16.6 Å². The molecule has 0 unspecified atom stereocenters. The summed E-state index contributed by atoms with van der Waals surface area (Å²) in [6.07, 6.45) is 2.51. The molecule has 1 N–H and O–H groups in total. The maximum atomic E-state index is 12.6. The van der Waals surface area contributed by atoms with E-state index in [0.717, 1.165) is 10.2 Å². The van der Waals surface area contributed by atoms with Crippen LogP contribution in [0.15, 0.2) is 12.1 Å². The number of nitrogens with zero attached hydrogens (tertiary/aromatic N) is 2. The van der Waals surface area contributed by atoms with E-state index >= 15 is 0 Å². The van der Waals surface area contributed by atoms with Crippen molar-refractivity contribution in [1.82, 2.24) is 9.29 Å². The molecule has 1 amide bonds. The number of aromatic nitrogens is 1. The number of hydrogen-bond acceptors (Lipinski definition) is 7. The number of carbonyl (C=O) groups is 1. The molecule has 1 atom stereocenters. The zero-order valence-corrected chi connectivity index (χ0v) is 15.9. The molecular formula is C16H19N3O5S2. The average molecular weight is 397 g/mol. The molecular weight excluding hydrogens is 378 g/mol. The van der Waals surface area contributed by atoms with Gasteiger partial charge >= 0.3 is 0 Å². The predicted molar refractivity (Wildman–Crippen MR) is 98.4 cm³/mol. The number of piperidine rings is 1. The maximum Gasteiger partial charge on any atom is 0.230 e. The summed E-state index contributed by atoms with van der Waals surface area (Å²) in [5, 5.41) is 3.32. The summed E-state index contributed by atoms with van der Waals surface area (Å²) < 4.78 is 36.8. The number of carbonyl (C=O) groups excluding carboxylic acids is 1. The lowest BCUT2D eigenvalue weighted by atomic mass is 9.99. The van der Waals surface area contributed by atoms with Crippen molar-refractivity contribution < 1.29 is 22.7 Å². The molecule has 0 aliphatic carbocycles. The second-order valence-electron chi connectivity index (χ2n) is 6.43. The van der Waals surface area contributed by atoms with Crippen LogP contribution < -0.4 is 14.8 Å². The van der Waals surface area contributed by atoms with Crippen molar-refractivity contribution in [2.45, 2.75) is 12.8 Å². The van der Waals surface area contributed by atoms with Crippen LogP contribution in [0.5, 0.6) is 11.5 Å². The first-order valence-electron chi connectivity index (χ1n) is 8.36. The molecule has 0 saturated carbocycles. The van der Waals surface area contributed by atoms with Gasteiger partial charge in [-0.1, -0.05) is 11.3 Å². The van der Waals surface area contributed by atoms with Crippen molar-refractivity contribution in [2.75, 3.05) is 37.9 Å². The third-order valence-corrected chi connectivity index (χ3v) is 6.71. The summed E-state index contributed by atoms with van der Waals surface area (Å²) in [6, 6.07) is 3.67. The van der Waals surface area contributed by atoms with Gasteiger partial charge in [0, 0.05) is 25.2 Å². The number of ether oxygens (including phenoxy) is 2. The molecule has 0 spiro atoms. The molecule has 2 aliphatic rings. The van der Waals surface area contributed by atoms with E-state index in [2.05, 4.69) is 10.3 Å². The lowest BCUT2D eigenvalue weighted by Gasteiger charge is -2.29. The Hall–Kier alpha value is -1.91. The Morgan fingerprint density at radius 1 is 1.31 bits per heavy atom. The van der Waals surface area contributed by atoms with Gasteiger partial charge in [0.1, 0.15) is 13.2 Å². The first-order valence-corrected chi connectivity index (χ1v) is 11.0. The number of benzene rings is 1. The lowest BCUT2D eigenvalue weighted by molar-refractivity contribution is -0.120. The molecule has 1 aromatic carbocycles. The first kappa shape index (κ1) is 17.5. The van der Waals surface area contributed by atoms with Gasteiger partial charge in [-0.25, -0.2) is 17.7 Å². The second-order valence-corrected chi connectivity index (χ2v) is 9.45. The van der Waals surface area contributed by atoms with E-state index in [1.165, 1.54) is 21.9 Å². The fourth-order valence-electron chi connectivity index (χ4n) is 3.18. The zero-order chi connectivity index (χ0) is 18.3. The van der Waals surface area contributed by atoms with Gasteiger partial charge in [-0.3, -0.25) is 4.79 Å². The SMILES string of the molecule is CS(=O)(=O)N1CCC[C@@H](C(=O)Nc2nc3cc4c(cc3s2)OCCO4)C1. The van der Waals surface area contributed by atoms with Gasteiger partial charge in [-0.2, -0.15) is 0 Å². The van der Waals surface area contributed by atoms with Crippen LogP contribution in [0.4, 0.5) is 5.13 Å².